The molecule has 0 amide bonds. The molecular weight excluding hydrogens is 403 g/mol. The molecule has 0 aliphatic carbocycles. The number of carbonyl (C=O) groups is 1. The van der Waals surface area contributed by atoms with E-state index >= 15 is 0 Å². The van der Waals surface area contributed by atoms with Gasteiger partial charge in [-0.25, -0.2) is 4.98 Å². The summed E-state index contributed by atoms with van der Waals surface area (Å²) >= 11 is 12.6. The van der Waals surface area contributed by atoms with Crippen LogP contribution in [0.2, 0.25) is 10.0 Å². The van der Waals surface area contributed by atoms with E-state index in [2.05, 4.69) is 29.0 Å². The molecule has 1 aromatic heterocycles. The number of rotatable bonds is 6. The number of fused-ring (bicyclic) bond motifs is 1. The molecule has 146 valence electrons. The number of hydrogen-bond donors (Lipinski definition) is 1. The first-order valence-corrected chi connectivity index (χ1v) is 10.3. The smallest absolute Gasteiger partial charge is 0.162 e. The minimum absolute atomic E-state index is 0.132. The maximum atomic E-state index is 12.7. The normalized spacial score (nSPS) is 11.1. The number of ketones is 1. The first kappa shape index (κ1) is 19.7. The molecule has 0 aliphatic heterocycles. The molecule has 5 heteroatoms. The molecule has 0 atom stereocenters. The van der Waals surface area contributed by atoms with Crippen LogP contribution in [0.3, 0.4) is 0 Å². The lowest BCUT2D eigenvalue weighted by Gasteiger charge is -2.05. The Bertz CT molecular complexity index is 1180. The van der Waals surface area contributed by atoms with Crippen LogP contribution in [0.25, 0.3) is 22.4 Å². The lowest BCUT2D eigenvalue weighted by atomic mass is 10.00. The van der Waals surface area contributed by atoms with Gasteiger partial charge in [0.15, 0.2) is 5.78 Å². The number of nitrogens with zero attached hydrogens (tertiary/aromatic N) is 1. The van der Waals surface area contributed by atoms with Crippen molar-refractivity contribution in [3.05, 3.63) is 87.4 Å². The van der Waals surface area contributed by atoms with Gasteiger partial charge in [-0.15, -0.1) is 0 Å². The van der Waals surface area contributed by atoms with Crippen molar-refractivity contribution in [2.24, 2.45) is 0 Å². The molecular formula is C24H20Cl2N2O. The van der Waals surface area contributed by atoms with Crippen molar-refractivity contribution in [2.45, 2.75) is 26.2 Å². The van der Waals surface area contributed by atoms with Gasteiger partial charge in [0.2, 0.25) is 0 Å². The second-order valence-corrected chi connectivity index (χ2v) is 7.93. The summed E-state index contributed by atoms with van der Waals surface area (Å²) in [7, 11) is 0. The van der Waals surface area contributed by atoms with Crippen LogP contribution in [0.15, 0.2) is 60.7 Å². The molecule has 0 unspecified atom stereocenters. The summed E-state index contributed by atoms with van der Waals surface area (Å²) in [6.07, 6.45) is 2.24. The summed E-state index contributed by atoms with van der Waals surface area (Å²) in [5.41, 5.74) is 5.48. The molecule has 0 saturated carbocycles. The van der Waals surface area contributed by atoms with E-state index in [9.17, 15) is 4.79 Å². The fourth-order valence-electron chi connectivity index (χ4n) is 3.50. The molecule has 0 radical (unpaired) electrons. The highest BCUT2D eigenvalue weighted by atomic mass is 35.5. The fourth-order valence-corrected chi connectivity index (χ4v) is 4.08. The molecule has 3 nitrogen and oxygen atoms in total. The summed E-state index contributed by atoms with van der Waals surface area (Å²) in [5, 5.41) is 1.06. The summed E-state index contributed by atoms with van der Waals surface area (Å²) in [4.78, 5) is 20.5. The van der Waals surface area contributed by atoms with E-state index in [4.69, 9.17) is 23.2 Å². The largest absolute Gasteiger partial charge is 0.338 e. The van der Waals surface area contributed by atoms with Gasteiger partial charge in [-0.2, -0.15) is 0 Å². The maximum absolute atomic E-state index is 12.7. The third kappa shape index (κ3) is 4.21. The van der Waals surface area contributed by atoms with Crippen molar-refractivity contribution in [3.8, 4) is 11.4 Å². The standard InChI is InChI=1S/C24H20Cl2N2O/c1-15-6-2-3-7-16(15)8-4-11-22(29)17-12-13-20-21(14-17)28-24(27-20)23-18(25)9-5-10-19(23)26/h2-3,5-7,9-10,12-14H,4,8,11H2,1H3,(H,27,28). The molecule has 0 spiro atoms. The third-order valence-corrected chi connectivity index (χ3v) is 5.74. The molecule has 3 aromatic carbocycles. The van der Waals surface area contributed by atoms with Crippen LogP contribution in [0.5, 0.6) is 0 Å². The van der Waals surface area contributed by atoms with Gasteiger partial charge in [-0.1, -0.05) is 53.5 Å². The number of halogens is 2. The van der Waals surface area contributed by atoms with Gasteiger partial charge in [0.05, 0.1) is 26.6 Å². The first-order chi connectivity index (χ1) is 14.0. The summed E-state index contributed by atoms with van der Waals surface area (Å²) in [6, 6.07) is 19.2. The van der Waals surface area contributed by atoms with E-state index in [1.807, 2.05) is 30.3 Å². The Morgan fingerprint density at radius 2 is 1.76 bits per heavy atom. The number of aromatic amines is 1. The summed E-state index contributed by atoms with van der Waals surface area (Å²) < 4.78 is 0. The Morgan fingerprint density at radius 3 is 2.52 bits per heavy atom. The van der Waals surface area contributed by atoms with Gasteiger partial charge in [0.1, 0.15) is 5.82 Å². The van der Waals surface area contributed by atoms with Crippen LogP contribution in [0, 0.1) is 6.92 Å². The zero-order valence-electron chi connectivity index (χ0n) is 16.0. The number of hydrogen-bond acceptors (Lipinski definition) is 2. The fraction of sp³-hybridized carbons (Fsp3) is 0.167. The van der Waals surface area contributed by atoms with E-state index < -0.39 is 0 Å². The van der Waals surface area contributed by atoms with Crippen molar-refractivity contribution >= 4 is 40.0 Å². The SMILES string of the molecule is Cc1ccccc1CCCC(=O)c1ccc2nc(-c3c(Cl)cccc3Cl)[nH]c2c1. The number of aromatic nitrogens is 2. The molecule has 29 heavy (non-hydrogen) atoms. The van der Waals surface area contributed by atoms with E-state index in [-0.39, 0.29) is 5.78 Å². The number of carbonyl (C=O) groups excluding carboxylic acids is 1. The van der Waals surface area contributed by atoms with Gasteiger partial charge >= 0.3 is 0 Å². The van der Waals surface area contributed by atoms with E-state index in [1.54, 1.807) is 18.2 Å². The number of Topliss-reactive ketones (excluding diaryl/α,β-unsaturated/α-hetero) is 1. The predicted octanol–water partition coefficient (Wildman–Crippen LogP) is 7.05. The summed E-state index contributed by atoms with van der Waals surface area (Å²) in [5.74, 6) is 0.729. The Labute approximate surface area is 179 Å². The van der Waals surface area contributed by atoms with Crippen molar-refractivity contribution in [2.75, 3.05) is 0 Å². The molecule has 4 aromatic rings. The maximum Gasteiger partial charge on any atom is 0.162 e. The van der Waals surface area contributed by atoms with Gasteiger partial charge in [0.25, 0.3) is 0 Å². The molecule has 0 fully saturated rings. The summed E-state index contributed by atoms with van der Waals surface area (Å²) in [6.45, 7) is 2.10. The van der Waals surface area contributed by atoms with Gasteiger partial charge in [0, 0.05) is 12.0 Å². The lowest BCUT2D eigenvalue weighted by Crippen LogP contribution is -2.00. The number of nitrogens with one attached hydrogen (secondary N) is 1. The second-order valence-electron chi connectivity index (χ2n) is 7.12. The van der Waals surface area contributed by atoms with Gasteiger partial charge in [-0.05, 0) is 61.2 Å². The molecule has 0 saturated heterocycles. The van der Waals surface area contributed by atoms with Crippen LogP contribution in [-0.2, 0) is 6.42 Å². The number of H-pyrrole nitrogens is 1. The molecule has 1 heterocycles. The van der Waals surface area contributed by atoms with Crippen LogP contribution < -0.4 is 0 Å². The topological polar surface area (TPSA) is 45.8 Å². The minimum Gasteiger partial charge on any atom is -0.338 e. The third-order valence-electron chi connectivity index (χ3n) is 5.11. The zero-order chi connectivity index (χ0) is 20.4. The highest BCUT2D eigenvalue weighted by Crippen LogP contribution is 2.34. The number of benzene rings is 3. The monoisotopic (exact) mass is 422 g/mol. The van der Waals surface area contributed by atoms with Crippen molar-refractivity contribution in [3.63, 3.8) is 0 Å². The quantitative estimate of drug-likeness (QED) is 0.338. The van der Waals surface area contributed by atoms with E-state index in [0.717, 1.165) is 23.9 Å². The van der Waals surface area contributed by atoms with Gasteiger partial charge < -0.3 is 4.98 Å². The molecule has 1 N–H and O–H groups in total. The van der Waals surface area contributed by atoms with E-state index in [1.165, 1.54) is 11.1 Å². The predicted molar refractivity (Wildman–Crippen MR) is 120 cm³/mol. The zero-order valence-corrected chi connectivity index (χ0v) is 17.5. The van der Waals surface area contributed by atoms with Crippen molar-refractivity contribution < 1.29 is 4.79 Å². The minimum atomic E-state index is 0.132. The Balaban J connectivity index is 1.51. The number of aryl methyl sites for hydroxylation is 2. The van der Waals surface area contributed by atoms with Crippen LogP contribution in [0.1, 0.15) is 34.3 Å². The lowest BCUT2D eigenvalue weighted by molar-refractivity contribution is 0.0980. The molecule has 0 aliphatic rings. The van der Waals surface area contributed by atoms with Crippen LogP contribution in [-0.4, -0.2) is 15.8 Å². The Morgan fingerprint density at radius 1 is 1.00 bits per heavy atom. The highest BCUT2D eigenvalue weighted by Gasteiger charge is 2.14. The van der Waals surface area contributed by atoms with Crippen molar-refractivity contribution in [1.82, 2.24) is 9.97 Å². The number of imidazole rings is 1. The second kappa shape index (κ2) is 8.40. The molecule has 4 rings (SSSR count). The van der Waals surface area contributed by atoms with E-state index in [0.29, 0.717) is 33.4 Å². The van der Waals surface area contributed by atoms with Crippen LogP contribution >= 0.6 is 23.2 Å². The highest BCUT2D eigenvalue weighted by molar-refractivity contribution is 6.39. The average Bonchev–Trinajstić information content (AvgIpc) is 3.12. The van der Waals surface area contributed by atoms with Gasteiger partial charge in [-0.3, -0.25) is 4.79 Å². The van der Waals surface area contributed by atoms with Crippen molar-refractivity contribution in [1.29, 1.82) is 0 Å². The first-order valence-electron chi connectivity index (χ1n) is 9.55. The molecule has 0 bridgehead atoms. The average molecular weight is 423 g/mol. The Kier molecular flexibility index (Phi) is 5.70. The Hall–Kier alpha value is -2.62. The van der Waals surface area contributed by atoms with Crippen LogP contribution in [0.4, 0.5) is 0 Å².